The molecule has 0 bridgehead atoms. The number of hydrogen-bond acceptors (Lipinski definition) is 5. The van der Waals surface area contributed by atoms with Crippen molar-refractivity contribution in [3.05, 3.63) is 23.8 Å². The fourth-order valence-electron chi connectivity index (χ4n) is 2.12. The van der Waals surface area contributed by atoms with Crippen LogP contribution in [0.1, 0.15) is 37.0 Å². The Morgan fingerprint density at radius 2 is 1.96 bits per heavy atom. The zero-order valence-electron chi connectivity index (χ0n) is 13.9. The lowest BCUT2D eigenvalue weighted by molar-refractivity contribution is -0.144. The Morgan fingerprint density at radius 1 is 1.29 bits per heavy atom. The van der Waals surface area contributed by atoms with Gasteiger partial charge in [0.25, 0.3) is 11.8 Å². The predicted molar refractivity (Wildman–Crippen MR) is 86.1 cm³/mol. The molecule has 2 amide bonds. The maximum atomic E-state index is 12.3. The highest BCUT2D eigenvalue weighted by Crippen LogP contribution is 2.28. The van der Waals surface area contributed by atoms with Gasteiger partial charge in [0.1, 0.15) is 5.54 Å². The number of ether oxygens (including phenoxy) is 2. The maximum absolute atomic E-state index is 12.3. The van der Waals surface area contributed by atoms with Crippen LogP contribution in [-0.4, -0.2) is 42.1 Å². The smallest absolute Gasteiger partial charge is 0.329 e. The standard InChI is InChI=1S/C16H22N2O6/c1-4-7-16(2,15(21)22)18-14(20)10-5-6-11(12(8-10)23-3)24-9-13(17)19/h5-6,8H,4,7,9H2,1-3H3,(H2,17,19)(H,18,20)(H,21,22). The summed E-state index contributed by atoms with van der Waals surface area (Å²) in [5.74, 6) is -1.81. The monoisotopic (exact) mass is 338 g/mol. The van der Waals surface area contributed by atoms with E-state index in [0.717, 1.165) is 0 Å². The number of methoxy groups -OCH3 is 1. The number of primary amides is 1. The van der Waals surface area contributed by atoms with Gasteiger partial charge in [0, 0.05) is 5.56 Å². The van der Waals surface area contributed by atoms with Crippen LogP contribution in [0.5, 0.6) is 11.5 Å². The molecule has 0 saturated carbocycles. The van der Waals surface area contributed by atoms with Crippen molar-refractivity contribution in [1.82, 2.24) is 5.32 Å². The van der Waals surface area contributed by atoms with Gasteiger partial charge in [-0.25, -0.2) is 4.79 Å². The van der Waals surface area contributed by atoms with Gasteiger partial charge < -0.3 is 25.6 Å². The molecule has 0 saturated heterocycles. The Morgan fingerprint density at radius 3 is 2.46 bits per heavy atom. The number of aliphatic carboxylic acids is 1. The molecule has 24 heavy (non-hydrogen) atoms. The third-order valence-electron chi connectivity index (χ3n) is 3.41. The van der Waals surface area contributed by atoms with Crippen molar-refractivity contribution >= 4 is 17.8 Å². The molecule has 1 atom stereocenters. The number of rotatable bonds is 9. The van der Waals surface area contributed by atoms with Gasteiger partial charge in [-0.2, -0.15) is 0 Å². The molecule has 1 rings (SSSR count). The second-order valence-corrected chi connectivity index (χ2v) is 5.46. The lowest BCUT2D eigenvalue weighted by Crippen LogP contribution is -2.52. The zero-order chi connectivity index (χ0) is 18.3. The van der Waals surface area contributed by atoms with Crippen LogP contribution >= 0.6 is 0 Å². The Bertz CT molecular complexity index is 631. The Kier molecular flexibility index (Phi) is 6.58. The molecule has 0 radical (unpaired) electrons. The number of carboxylic acid groups (broad SMARTS) is 1. The van der Waals surface area contributed by atoms with Crippen LogP contribution < -0.4 is 20.5 Å². The number of amides is 2. The van der Waals surface area contributed by atoms with Crippen molar-refractivity contribution in [2.24, 2.45) is 5.73 Å². The Balaban J connectivity index is 2.99. The van der Waals surface area contributed by atoms with E-state index >= 15 is 0 Å². The van der Waals surface area contributed by atoms with E-state index in [1.165, 1.54) is 32.2 Å². The molecule has 0 spiro atoms. The van der Waals surface area contributed by atoms with Crippen molar-refractivity contribution in [2.45, 2.75) is 32.2 Å². The predicted octanol–water partition coefficient (Wildman–Crippen LogP) is 0.932. The summed E-state index contributed by atoms with van der Waals surface area (Å²) in [7, 11) is 1.38. The average Bonchev–Trinajstić information content (AvgIpc) is 2.52. The van der Waals surface area contributed by atoms with E-state index < -0.39 is 23.3 Å². The van der Waals surface area contributed by atoms with Crippen molar-refractivity contribution in [2.75, 3.05) is 13.7 Å². The summed E-state index contributed by atoms with van der Waals surface area (Å²) in [5, 5.41) is 11.8. The lowest BCUT2D eigenvalue weighted by atomic mass is 9.95. The number of benzene rings is 1. The van der Waals surface area contributed by atoms with Crippen molar-refractivity contribution < 1.29 is 29.0 Å². The van der Waals surface area contributed by atoms with Gasteiger partial charge in [0.05, 0.1) is 7.11 Å². The maximum Gasteiger partial charge on any atom is 0.329 e. The van der Waals surface area contributed by atoms with Gasteiger partial charge in [-0.3, -0.25) is 9.59 Å². The number of nitrogens with two attached hydrogens (primary N) is 1. The summed E-state index contributed by atoms with van der Waals surface area (Å²) in [4.78, 5) is 34.5. The number of carbonyl (C=O) groups excluding carboxylic acids is 2. The molecule has 0 aliphatic carbocycles. The van der Waals surface area contributed by atoms with Crippen LogP contribution in [0.15, 0.2) is 18.2 Å². The van der Waals surface area contributed by atoms with Gasteiger partial charge in [-0.05, 0) is 31.5 Å². The van der Waals surface area contributed by atoms with Gasteiger partial charge >= 0.3 is 5.97 Å². The number of carbonyl (C=O) groups is 3. The van der Waals surface area contributed by atoms with Crippen LogP contribution in [0.3, 0.4) is 0 Å². The highest BCUT2D eigenvalue weighted by atomic mass is 16.5. The molecule has 0 heterocycles. The molecule has 4 N–H and O–H groups in total. The SMILES string of the molecule is CCCC(C)(NC(=O)c1ccc(OCC(N)=O)c(OC)c1)C(=O)O. The van der Waals surface area contributed by atoms with Crippen LogP contribution in [0.4, 0.5) is 0 Å². The third-order valence-corrected chi connectivity index (χ3v) is 3.41. The van der Waals surface area contributed by atoms with Crippen LogP contribution in [0.2, 0.25) is 0 Å². The first-order chi connectivity index (χ1) is 11.2. The van der Waals surface area contributed by atoms with Gasteiger partial charge in [-0.15, -0.1) is 0 Å². The molecule has 0 aliphatic heterocycles. The molecule has 8 heteroatoms. The van der Waals surface area contributed by atoms with E-state index in [2.05, 4.69) is 5.32 Å². The quantitative estimate of drug-likeness (QED) is 0.614. The van der Waals surface area contributed by atoms with E-state index in [1.807, 2.05) is 6.92 Å². The second-order valence-electron chi connectivity index (χ2n) is 5.46. The van der Waals surface area contributed by atoms with Crippen molar-refractivity contribution in [3.63, 3.8) is 0 Å². The summed E-state index contributed by atoms with van der Waals surface area (Å²) < 4.78 is 10.3. The summed E-state index contributed by atoms with van der Waals surface area (Å²) in [6, 6.07) is 4.30. The molecule has 1 aromatic carbocycles. The largest absolute Gasteiger partial charge is 0.493 e. The van der Waals surface area contributed by atoms with E-state index in [4.69, 9.17) is 15.2 Å². The average molecular weight is 338 g/mol. The first kappa shape index (κ1) is 19.3. The topological polar surface area (TPSA) is 128 Å². The van der Waals surface area contributed by atoms with Crippen molar-refractivity contribution in [1.29, 1.82) is 0 Å². The molecule has 132 valence electrons. The molecular weight excluding hydrogens is 316 g/mol. The fourth-order valence-corrected chi connectivity index (χ4v) is 2.12. The molecule has 1 unspecified atom stereocenters. The van der Waals surface area contributed by atoms with E-state index in [-0.39, 0.29) is 23.7 Å². The fraction of sp³-hybridized carbons (Fsp3) is 0.438. The highest BCUT2D eigenvalue weighted by molar-refractivity contribution is 5.98. The summed E-state index contributed by atoms with van der Waals surface area (Å²) in [5.41, 5.74) is 3.86. The minimum absolute atomic E-state index is 0.210. The lowest BCUT2D eigenvalue weighted by Gasteiger charge is -2.26. The Labute approximate surface area is 139 Å². The highest BCUT2D eigenvalue weighted by Gasteiger charge is 2.34. The number of hydrogen-bond donors (Lipinski definition) is 3. The minimum Gasteiger partial charge on any atom is -0.493 e. The molecule has 8 nitrogen and oxygen atoms in total. The zero-order valence-corrected chi connectivity index (χ0v) is 13.9. The molecule has 1 aromatic rings. The molecule has 0 aliphatic rings. The molecule has 0 fully saturated rings. The summed E-state index contributed by atoms with van der Waals surface area (Å²) >= 11 is 0. The number of carboxylic acids is 1. The summed E-state index contributed by atoms with van der Waals surface area (Å²) in [6.07, 6.45) is 0.900. The minimum atomic E-state index is -1.36. The molecular formula is C16H22N2O6. The number of nitrogens with one attached hydrogen (secondary N) is 1. The van der Waals surface area contributed by atoms with Gasteiger partial charge in [-0.1, -0.05) is 13.3 Å². The first-order valence-corrected chi connectivity index (χ1v) is 7.38. The first-order valence-electron chi connectivity index (χ1n) is 7.38. The van der Waals surface area contributed by atoms with Gasteiger partial charge in [0.2, 0.25) is 0 Å². The van der Waals surface area contributed by atoms with E-state index in [1.54, 1.807) is 0 Å². The second kappa shape index (κ2) is 8.19. The molecule has 0 aromatic heterocycles. The van der Waals surface area contributed by atoms with Gasteiger partial charge in [0.15, 0.2) is 18.1 Å². The third kappa shape index (κ3) is 4.87. The normalized spacial score (nSPS) is 12.8. The van der Waals surface area contributed by atoms with E-state index in [0.29, 0.717) is 12.8 Å². The Hall–Kier alpha value is -2.77. The van der Waals surface area contributed by atoms with Crippen LogP contribution in [-0.2, 0) is 9.59 Å². The summed E-state index contributed by atoms with van der Waals surface area (Å²) in [6.45, 7) is 2.97. The van der Waals surface area contributed by atoms with E-state index in [9.17, 15) is 19.5 Å². The van der Waals surface area contributed by atoms with Crippen molar-refractivity contribution in [3.8, 4) is 11.5 Å². The van der Waals surface area contributed by atoms with Crippen LogP contribution in [0, 0.1) is 0 Å². The van der Waals surface area contributed by atoms with Crippen LogP contribution in [0.25, 0.3) is 0 Å².